The molecule has 0 radical (unpaired) electrons. The monoisotopic (exact) mass is 692 g/mol. The highest BCUT2D eigenvalue weighted by Gasteiger charge is 2.25. The van der Waals surface area contributed by atoms with Gasteiger partial charge in [-0.15, -0.1) is 0 Å². The van der Waals surface area contributed by atoms with Gasteiger partial charge in [-0.25, -0.2) is 0 Å². The van der Waals surface area contributed by atoms with Crippen molar-refractivity contribution in [2.45, 2.75) is 0 Å². The fourth-order valence-corrected chi connectivity index (χ4v) is 8.34. The summed E-state index contributed by atoms with van der Waals surface area (Å²) < 4.78 is 13.7. The van der Waals surface area contributed by atoms with E-state index in [0.29, 0.717) is 0 Å². The first kappa shape index (κ1) is 30.3. The molecule has 0 aliphatic rings. The van der Waals surface area contributed by atoms with Crippen molar-refractivity contribution in [2.75, 3.05) is 9.80 Å². The minimum atomic E-state index is 0.830. The van der Waals surface area contributed by atoms with Gasteiger partial charge in [-0.3, -0.25) is 0 Å². The first-order valence-electron chi connectivity index (χ1n) is 18.3. The van der Waals surface area contributed by atoms with E-state index in [0.717, 1.165) is 99.5 Å². The Balaban J connectivity index is 1.23. The molecule has 0 spiro atoms. The number of para-hydroxylation sites is 4. The van der Waals surface area contributed by atoms with E-state index in [4.69, 9.17) is 8.83 Å². The Labute approximate surface area is 311 Å². The van der Waals surface area contributed by atoms with Gasteiger partial charge in [0.15, 0.2) is 0 Å². The molecule has 0 N–H and O–H groups in total. The van der Waals surface area contributed by atoms with Crippen LogP contribution in [0.1, 0.15) is 0 Å². The SMILES string of the molecule is c1ccc(N(c2ccccc2)c2cc3oc4ccc5oc6cc(N(c7ccccc7)c7ccccc7)c7ccccc7c6c5c4c3c3ccccc23)cc1. The Kier molecular flexibility index (Phi) is 6.82. The molecule has 0 fully saturated rings. The zero-order valence-corrected chi connectivity index (χ0v) is 29.2. The van der Waals surface area contributed by atoms with Gasteiger partial charge in [0.05, 0.1) is 11.4 Å². The molecule has 2 aromatic heterocycles. The van der Waals surface area contributed by atoms with Crippen LogP contribution in [0, 0.1) is 0 Å². The number of hydrogen-bond acceptors (Lipinski definition) is 4. The Morgan fingerprint density at radius 3 is 0.889 bits per heavy atom. The lowest BCUT2D eigenvalue weighted by molar-refractivity contribution is 0.663. The van der Waals surface area contributed by atoms with Crippen LogP contribution >= 0.6 is 0 Å². The molecule has 9 aromatic carbocycles. The highest BCUT2D eigenvalue weighted by molar-refractivity contribution is 6.35. The van der Waals surface area contributed by atoms with Crippen LogP contribution in [0.15, 0.2) is 203 Å². The van der Waals surface area contributed by atoms with Crippen molar-refractivity contribution >= 4 is 99.5 Å². The van der Waals surface area contributed by atoms with Gasteiger partial charge in [-0.2, -0.15) is 0 Å². The molecule has 254 valence electrons. The van der Waals surface area contributed by atoms with Crippen molar-refractivity contribution in [3.05, 3.63) is 194 Å². The first-order valence-corrected chi connectivity index (χ1v) is 18.3. The molecule has 0 saturated heterocycles. The molecule has 11 aromatic rings. The lowest BCUT2D eigenvalue weighted by Gasteiger charge is -2.27. The third-order valence-corrected chi connectivity index (χ3v) is 10.6. The fraction of sp³-hybridized carbons (Fsp3) is 0. The summed E-state index contributed by atoms with van der Waals surface area (Å²) in [7, 11) is 0. The topological polar surface area (TPSA) is 32.8 Å². The zero-order chi connectivity index (χ0) is 35.6. The standard InChI is InChI=1S/C50H32N2O2/c1-5-17-33(18-6-1)51(34-19-7-2-8-20-34)41-31-45-47(39-27-15-13-25-37(39)41)49-43(53-45)29-30-44-50(49)48-40-28-16-14-26-38(40)42(32-46(48)54-44)52(35-21-9-3-10-22-35)36-23-11-4-12-24-36/h1-32H. The first-order chi connectivity index (χ1) is 26.8. The summed E-state index contributed by atoms with van der Waals surface area (Å²) in [6, 6.07) is 68.1. The average molecular weight is 693 g/mol. The van der Waals surface area contributed by atoms with Crippen molar-refractivity contribution in [3.8, 4) is 0 Å². The predicted molar refractivity (Wildman–Crippen MR) is 225 cm³/mol. The molecule has 0 amide bonds. The van der Waals surface area contributed by atoms with E-state index < -0.39 is 0 Å². The normalized spacial score (nSPS) is 11.7. The van der Waals surface area contributed by atoms with Crippen LogP contribution in [0.4, 0.5) is 34.1 Å². The molecule has 11 rings (SSSR count). The second-order valence-electron chi connectivity index (χ2n) is 13.7. The van der Waals surface area contributed by atoms with E-state index >= 15 is 0 Å². The van der Waals surface area contributed by atoms with E-state index in [9.17, 15) is 0 Å². The van der Waals surface area contributed by atoms with Gasteiger partial charge in [-0.05, 0) is 71.4 Å². The van der Waals surface area contributed by atoms with Crippen LogP contribution in [0.25, 0.3) is 65.4 Å². The number of nitrogens with zero attached hydrogens (tertiary/aromatic N) is 2. The molecule has 0 aliphatic carbocycles. The van der Waals surface area contributed by atoms with Crippen LogP contribution in [0.3, 0.4) is 0 Å². The summed E-state index contributed by atoms with van der Waals surface area (Å²) in [6.45, 7) is 0. The Hall–Kier alpha value is -7.30. The smallest absolute Gasteiger partial charge is 0.138 e. The molecule has 0 saturated carbocycles. The summed E-state index contributed by atoms with van der Waals surface area (Å²) in [6.07, 6.45) is 0. The third kappa shape index (κ3) is 4.64. The molecule has 2 heterocycles. The highest BCUT2D eigenvalue weighted by atomic mass is 16.3. The van der Waals surface area contributed by atoms with E-state index in [-0.39, 0.29) is 0 Å². The van der Waals surface area contributed by atoms with Gasteiger partial charge in [0.2, 0.25) is 0 Å². The summed E-state index contributed by atoms with van der Waals surface area (Å²) in [5.74, 6) is 0. The van der Waals surface area contributed by atoms with Crippen LogP contribution in [-0.4, -0.2) is 0 Å². The van der Waals surface area contributed by atoms with Crippen LogP contribution in [-0.2, 0) is 0 Å². The molecular formula is C50H32N2O2. The number of anilines is 6. The quantitative estimate of drug-likeness (QED) is 0.174. The third-order valence-electron chi connectivity index (χ3n) is 10.6. The van der Waals surface area contributed by atoms with Crippen molar-refractivity contribution in [1.82, 2.24) is 0 Å². The van der Waals surface area contributed by atoms with Crippen molar-refractivity contribution in [2.24, 2.45) is 0 Å². The van der Waals surface area contributed by atoms with Gasteiger partial charge in [-0.1, -0.05) is 121 Å². The van der Waals surface area contributed by atoms with Gasteiger partial charge >= 0.3 is 0 Å². The van der Waals surface area contributed by atoms with Gasteiger partial charge in [0, 0.05) is 67.2 Å². The van der Waals surface area contributed by atoms with Crippen LogP contribution in [0.2, 0.25) is 0 Å². The van der Waals surface area contributed by atoms with Crippen LogP contribution in [0.5, 0.6) is 0 Å². The fourth-order valence-electron chi connectivity index (χ4n) is 8.34. The predicted octanol–water partition coefficient (Wildman–Crippen LogP) is 14.7. The number of furan rings is 2. The van der Waals surface area contributed by atoms with E-state index in [1.807, 2.05) is 0 Å². The highest BCUT2D eigenvalue weighted by Crippen LogP contribution is 2.50. The summed E-state index contributed by atoms with van der Waals surface area (Å²) in [5, 5.41) is 8.83. The van der Waals surface area contributed by atoms with E-state index in [1.54, 1.807) is 0 Å². The molecule has 0 atom stereocenters. The number of rotatable bonds is 6. The molecular weight excluding hydrogens is 661 g/mol. The molecule has 4 heteroatoms. The number of fused-ring (bicyclic) bond motifs is 11. The molecule has 54 heavy (non-hydrogen) atoms. The summed E-state index contributed by atoms with van der Waals surface area (Å²) >= 11 is 0. The zero-order valence-electron chi connectivity index (χ0n) is 29.2. The van der Waals surface area contributed by atoms with Gasteiger partial charge < -0.3 is 18.6 Å². The Morgan fingerprint density at radius 2 is 0.556 bits per heavy atom. The second-order valence-corrected chi connectivity index (χ2v) is 13.7. The minimum Gasteiger partial charge on any atom is -0.456 e. The maximum atomic E-state index is 6.86. The summed E-state index contributed by atoms with van der Waals surface area (Å²) in [5.41, 5.74) is 9.75. The minimum absolute atomic E-state index is 0.830. The summed E-state index contributed by atoms with van der Waals surface area (Å²) in [4.78, 5) is 4.64. The van der Waals surface area contributed by atoms with Crippen molar-refractivity contribution < 1.29 is 8.83 Å². The number of benzene rings is 9. The van der Waals surface area contributed by atoms with E-state index in [2.05, 4.69) is 204 Å². The molecule has 0 bridgehead atoms. The Bertz CT molecular complexity index is 2860. The average Bonchev–Trinajstić information content (AvgIpc) is 3.81. The van der Waals surface area contributed by atoms with Gasteiger partial charge in [0.25, 0.3) is 0 Å². The lowest BCUT2D eigenvalue weighted by Crippen LogP contribution is -2.10. The van der Waals surface area contributed by atoms with Crippen molar-refractivity contribution in [3.63, 3.8) is 0 Å². The lowest BCUT2D eigenvalue weighted by atomic mass is 9.96. The molecule has 0 aliphatic heterocycles. The maximum absolute atomic E-state index is 6.86. The molecule has 0 unspecified atom stereocenters. The Morgan fingerprint density at radius 1 is 0.259 bits per heavy atom. The van der Waals surface area contributed by atoms with Crippen LogP contribution < -0.4 is 9.80 Å². The van der Waals surface area contributed by atoms with Crippen molar-refractivity contribution in [1.29, 1.82) is 0 Å². The largest absolute Gasteiger partial charge is 0.456 e. The molecule has 4 nitrogen and oxygen atoms in total. The maximum Gasteiger partial charge on any atom is 0.138 e. The van der Waals surface area contributed by atoms with Gasteiger partial charge in [0.1, 0.15) is 22.3 Å². The second kappa shape index (κ2) is 12.1. The number of hydrogen-bond donors (Lipinski definition) is 0. The van der Waals surface area contributed by atoms with E-state index in [1.165, 1.54) is 0 Å².